The van der Waals surface area contributed by atoms with Gasteiger partial charge in [0.2, 0.25) is 0 Å². The minimum atomic E-state index is -3.12. The zero-order valence-electron chi connectivity index (χ0n) is 17.2. The van der Waals surface area contributed by atoms with Crippen LogP contribution in [0.1, 0.15) is 54.8 Å². The molecule has 9 heteroatoms. The average molecular weight is 432 g/mol. The second-order valence-electron chi connectivity index (χ2n) is 8.91. The summed E-state index contributed by atoms with van der Waals surface area (Å²) < 4.78 is 30.9. The highest BCUT2D eigenvalue weighted by Crippen LogP contribution is 2.31. The van der Waals surface area contributed by atoms with Gasteiger partial charge in [-0.05, 0) is 18.1 Å². The molecule has 1 saturated heterocycles. The van der Waals surface area contributed by atoms with Crippen LogP contribution in [0.4, 0.5) is 5.82 Å². The number of carbonyl (C=O) groups is 2. The van der Waals surface area contributed by atoms with Crippen LogP contribution in [-0.4, -0.2) is 47.7 Å². The quantitative estimate of drug-likeness (QED) is 0.747. The van der Waals surface area contributed by atoms with Gasteiger partial charge in [0.25, 0.3) is 5.91 Å². The van der Waals surface area contributed by atoms with Gasteiger partial charge in [-0.1, -0.05) is 39.0 Å². The van der Waals surface area contributed by atoms with Gasteiger partial charge < -0.3 is 10.1 Å². The molecule has 0 bridgehead atoms. The molecule has 1 fully saturated rings. The van der Waals surface area contributed by atoms with Crippen molar-refractivity contribution in [1.29, 1.82) is 0 Å². The van der Waals surface area contributed by atoms with E-state index in [9.17, 15) is 18.0 Å². The summed E-state index contributed by atoms with van der Waals surface area (Å²) in [7, 11) is -3.12. The lowest BCUT2D eigenvalue weighted by atomic mass is 9.92. The maximum atomic E-state index is 12.9. The Morgan fingerprint density at radius 1 is 1.27 bits per heavy atom. The Hall–Kier alpha value is -2.68. The lowest BCUT2D eigenvalue weighted by Gasteiger charge is -2.24. The molecule has 3 heterocycles. The highest BCUT2D eigenvalue weighted by Gasteiger charge is 2.35. The van der Waals surface area contributed by atoms with Crippen molar-refractivity contribution in [1.82, 2.24) is 9.78 Å². The number of nitrogens with zero attached hydrogens (tertiary/aromatic N) is 2. The largest absolute Gasteiger partial charge is 0.448 e. The molecule has 1 aromatic carbocycles. The van der Waals surface area contributed by atoms with Gasteiger partial charge >= 0.3 is 5.97 Å². The number of rotatable bonds is 3. The molecule has 1 amide bonds. The summed E-state index contributed by atoms with van der Waals surface area (Å²) in [6, 6.07) is 8.48. The average Bonchev–Trinajstić information content (AvgIpc) is 3.24. The Labute approximate surface area is 175 Å². The van der Waals surface area contributed by atoms with Crippen LogP contribution in [0.3, 0.4) is 0 Å². The first-order valence-corrected chi connectivity index (χ1v) is 11.8. The number of benzene rings is 1. The van der Waals surface area contributed by atoms with Crippen LogP contribution in [0.5, 0.6) is 0 Å². The lowest BCUT2D eigenvalue weighted by molar-refractivity contribution is -0.125. The van der Waals surface area contributed by atoms with E-state index in [1.807, 2.05) is 26.8 Å². The van der Waals surface area contributed by atoms with Crippen molar-refractivity contribution < 1.29 is 22.7 Å². The van der Waals surface area contributed by atoms with Gasteiger partial charge in [-0.3, -0.25) is 4.79 Å². The van der Waals surface area contributed by atoms with Gasteiger partial charge in [0.15, 0.2) is 15.9 Å². The van der Waals surface area contributed by atoms with E-state index in [4.69, 9.17) is 4.74 Å². The van der Waals surface area contributed by atoms with Gasteiger partial charge in [-0.25, -0.2) is 17.9 Å². The zero-order valence-corrected chi connectivity index (χ0v) is 18.0. The standard InChI is InChI=1S/C21H25N3O5S/c1-21(2,3)17-11-18(24(23-17)14-8-9-30(27,28)12-14)22-19(25)16-10-13-6-4-5-7-15(13)20(26)29-16/h4-7,11,14,16H,8-10,12H2,1-3H3,(H,22,25). The monoisotopic (exact) mass is 431 g/mol. The second kappa shape index (κ2) is 7.23. The van der Waals surface area contributed by atoms with E-state index in [2.05, 4.69) is 10.4 Å². The minimum absolute atomic E-state index is 0.00702. The Morgan fingerprint density at radius 2 is 2.00 bits per heavy atom. The number of ether oxygens (including phenoxy) is 1. The molecule has 4 rings (SSSR count). The van der Waals surface area contributed by atoms with Crippen LogP contribution in [0.15, 0.2) is 30.3 Å². The van der Waals surface area contributed by atoms with Crippen LogP contribution < -0.4 is 5.32 Å². The molecule has 2 unspecified atom stereocenters. The third kappa shape index (κ3) is 3.98. The predicted molar refractivity (Wildman–Crippen MR) is 111 cm³/mol. The van der Waals surface area contributed by atoms with Crippen molar-refractivity contribution >= 4 is 27.5 Å². The second-order valence-corrected chi connectivity index (χ2v) is 11.1. The fourth-order valence-electron chi connectivity index (χ4n) is 3.79. The number of carbonyl (C=O) groups excluding carboxylic acids is 2. The van der Waals surface area contributed by atoms with Crippen molar-refractivity contribution in [2.45, 2.75) is 51.2 Å². The van der Waals surface area contributed by atoms with Gasteiger partial charge in [0.05, 0.1) is 28.8 Å². The number of nitrogens with one attached hydrogen (secondary N) is 1. The summed E-state index contributed by atoms with van der Waals surface area (Å²) in [4.78, 5) is 25.2. The molecule has 1 N–H and O–H groups in total. The number of esters is 1. The van der Waals surface area contributed by atoms with E-state index < -0.39 is 27.8 Å². The van der Waals surface area contributed by atoms with Gasteiger partial charge in [-0.15, -0.1) is 0 Å². The van der Waals surface area contributed by atoms with Crippen molar-refractivity contribution in [3.05, 3.63) is 47.2 Å². The number of hydrogen-bond acceptors (Lipinski definition) is 6. The van der Waals surface area contributed by atoms with E-state index in [1.165, 1.54) is 0 Å². The molecule has 1 aromatic heterocycles. The van der Waals surface area contributed by atoms with Crippen molar-refractivity contribution in [3.63, 3.8) is 0 Å². The molecule has 0 saturated carbocycles. The number of amides is 1. The van der Waals surface area contributed by atoms with Gasteiger partial charge in [-0.2, -0.15) is 5.10 Å². The Balaban J connectivity index is 1.60. The molecule has 160 valence electrons. The van der Waals surface area contributed by atoms with Crippen molar-refractivity contribution in [2.75, 3.05) is 16.8 Å². The predicted octanol–water partition coefficient (Wildman–Crippen LogP) is 2.26. The maximum absolute atomic E-state index is 12.9. The fourth-order valence-corrected chi connectivity index (χ4v) is 5.48. The Bertz CT molecular complexity index is 1110. The molecule has 0 spiro atoms. The van der Waals surface area contributed by atoms with Crippen LogP contribution in [0.2, 0.25) is 0 Å². The molecule has 2 atom stereocenters. The third-order valence-corrected chi connectivity index (χ3v) is 7.24. The summed E-state index contributed by atoms with van der Waals surface area (Å²) in [6.45, 7) is 5.99. The molecule has 2 aliphatic heterocycles. The summed E-state index contributed by atoms with van der Waals surface area (Å²) >= 11 is 0. The lowest BCUT2D eigenvalue weighted by Crippen LogP contribution is -2.38. The van der Waals surface area contributed by atoms with E-state index >= 15 is 0 Å². The summed E-state index contributed by atoms with van der Waals surface area (Å²) in [5.74, 6) is -0.468. The molecular weight excluding hydrogens is 406 g/mol. The van der Waals surface area contributed by atoms with Crippen LogP contribution in [-0.2, 0) is 31.2 Å². The molecule has 0 aliphatic carbocycles. The molecular formula is C21H25N3O5S. The van der Waals surface area contributed by atoms with E-state index in [-0.39, 0.29) is 29.4 Å². The Morgan fingerprint density at radius 3 is 2.67 bits per heavy atom. The topological polar surface area (TPSA) is 107 Å². The normalized spacial score (nSPS) is 23.0. The SMILES string of the molecule is CC(C)(C)c1cc(NC(=O)C2Cc3ccccc3C(=O)O2)n(C2CCS(=O)(=O)C2)n1. The first kappa shape index (κ1) is 20.6. The molecule has 8 nitrogen and oxygen atoms in total. The maximum Gasteiger partial charge on any atom is 0.339 e. The zero-order chi connectivity index (χ0) is 21.7. The minimum Gasteiger partial charge on any atom is -0.448 e. The number of sulfone groups is 1. The third-order valence-electron chi connectivity index (χ3n) is 5.49. The summed E-state index contributed by atoms with van der Waals surface area (Å²) in [6.07, 6.45) is -0.227. The number of anilines is 1. The van der Waals surface area contributed by atoms with Crippen molar-refractivity contribution in [3.8, 4) is 0 Å². The van der Waals surface area contributed by atoms with E-state index in [0.29, 0.717) is 17.8 Å². The van der Waals surface area contributed by atoms with E-state index in [0.717, 1.165) is 11.3 Å². The highest BCUT2D eigenvalue weighted by atomic mass is 32.2. The molecule has 2 aromatic rings. The van der Waals surface area contributed by atoms with E-state index in [1.54, 1.807) is 28.9 Å². The summed E-state index contributed by atoms with van der Waals surface area (Å²) in [5.41, 5.74) is 1.70. The summed E-state index contributed by atoms with van der Waals surface area (Å²) in [5, 5.41) is 7.43. The first-order valence-electron chi connectivity index (χ1n) is 9.94. The van der Waals surface area contributed by atoms with Crippen molar-refractivity contribution in [2.24, 2.45) is 0 Å². The fraction of sp³-hybridized carbons (Fsp3) is 0.476. The number of aromatic nitrogens is 2. The number of fused-ring (bicyclic) bond motifs is 1. The molecule has 2 aliphatic rings. The van der Waals surface area contributed by atoms with Gasteiger partial charge in [0.1, 0.15) is 5.82 Å². The highest BCUT2D eigenvalue weighted by molar-refractivity contribution is 7.91. The smallest absolute Gasteiger partial charge is 0.339 e. The number of cyclic esters (lactones) is 1. The van der Waals surface area contributed by atoms with Gasteiger partial charge in [0, 0.05) is 17.9 Å². The first-order chi connectivity index (χ1) is 14.0. The molecule has 0 radical (unpaired) electrons. The number of hydrogen-bond donors (Lipinski definition) is 1. The van der Waals surface area contributed by atoms with Crippen LogP contribution in [0.25, 0.3) is 0 Å². The van der Waals surface area contributed by atoms with Crippen LogP contribution in [0, 0.1) is 0 Å². The van der Waals surface area contributed by atoms with Crippen LogP contribution >= 0.6 is 0 Å². The molecule has 30 heavy (non-hydrogen) atoms. The Kier molecular flexibility index (Phi) is 4.96.